The molecule has 2 amide bonds. The summed E-state index contributed by atoms with van der Waals surface area (Å²) >= 11 is 0. The molecule has 394 valence electrons. The standard InChI is InChI=1S/C57H69N11O7/c1-35(2)54(57(72)68-34-42(69)29-49(68)56(71)61-36(3)39-11-13-40(14-12-39)48-16-22-60-65(48)4)51-32-52(64-75-51)67-25-17-38(18-26-67)33-66-23-19-43(20-24-66)73-44-30-45(31-44)74-53-27-37(15-21-59-53)9-10-41-28-47(62-63-55(41)58)46-7-5-6-8-50(46)70/h5-16,21-22,27-28,32,35-36,38,42-45,49,54,69-70H,17-20,23-26,29-31,33-34H2,1-4H3,(H2,58,63)(H,61,71)/b10-9+/t36-,42+,44-,45-,49-,54+/m0/s1. The largest absolute Gasteiger partial charge is 0.507 e. The van der Waals surface area contributed by atoms with Crippen LogP contribution in [0.3, 0.4) is 0 Å². The number of piperidine rings is 2. The van der Waals surface area contributed by atoms with E-state index < -0.39 is 18.1 Å². The normalized spacial score (nSPS) is 21.6. The van der Waals surface area contributed by atoms with Gasteiger partial charge in [-0.15, -0.1) is 10.2 Å². The summed E-state index contributed by atoms with van der Waals surface area (Å²) in [5.41, 5.74) is 11.8. The third-order valence-electron chi connectivity index (χ3n) is 15.5. The number of rotatable bonds is 17. The number of para-hydroxylation sites is 1. The maximum atomic E-state index is 14.4. The maximum absolute atomic E-state index is 14.4. The molecule has 4 aromatic heterocycles. The number of β-amino-alcohol motifs (C(OH)–C–C–N with tert-alkyl or cyclic N) is 1. The summed E-state index contributed by atoms with van der Waals surface area (Å²) in [6, 6.07) is 23.3. The summed E-state index contributed by atoms with van der Waals surface area (Å²) in [5, 5.41) is 41.1. The Labute approximate surface area is 437 Å². The van der Waals surface area contributed by atoms with E-state index in [2.05, 4.69) is 40.6 Å². The van der Waals surface area contributed by atoms with Gasteiger partial charge in [0.2, 0.25) is 17.7 Å². The molecule has 4 atom stereocenters. The van der Waals surface area contributed by atoms with E-state index in [0.29, 0.717) is 40.2 Å². The molecule has 1 aliphatic carbocycles. The zero-order valence-electron chi connectivity index (χ0n) is 43.2. The number of ether oxygens (including phenoxy) is 2. The number of anilines is 2. The zero-order chi connectivity index (χ0) is 52.2. The first kappa shape index (κ1) is 51.3. The summed E-state index contributed by atoms with van der Waals surface area (Å²) in [6.45, 7) is 10.8. The minimum atomic E-state index is -0.807. The molecule has 5 N–H and O–H groups in total. The van der Waals surface area contributed by atoms with Crippen molar-refractivity contribution in [3.63, 3.8) is 0 Å². The van der Waals surface area contributed by atoms with E-state index in [0.717, 1.165) is 99.5 Å². The van der Waals surface area contributed by atoms with E-state index in [1.807, 2.05) is 99.3 Å². The van der Waals surface area contributed by atoms with Crippen molar-refractivity contribution in [2.45, 2.75) is 108 Å². The number of phenolic OH excluding ortho intramolecular Hbond substituents is 1. The topological polar surface area (TPSA) is 223 Å². The van der Waals surface area contributed by atoms with Crippen molar-refractivity contribution in [2.75, 3.05) is 49.9 Å². The van der Waals surface area contributed by atoms with Crippen LogP contribution in [-0.2, 0) is 21.4 Å². The molecule has 6 aromatic rings. The van der Waals surface area contributed by atoms with Crippen LogP contribution in [0.1, 0.15) is 100 Å². The van der Waals surface area contributed by atoms with Crippen molar-refractivity contribution >= 4 is 35.6 Å². The lowest BCUT2D eigenvalue weighted by atomic mass is 9.91. The van der Waals surface area contributed by atoms with Crippen molar-refractivity contribution < 1.29 is 33.8 Å². The van der Waals surface area contributed by atoms with E-state index >= 15 is 0 Å². The van der Waals surface area contributed by atoms with E-state index in [9.17, 15) is 19.8 Å². The molecule has 0 radical (unpaired) electrons. The van der Waals surface area contributed by atoms with Crippen molar-refractivity contribution in [1.82, 2.24) is 45.2 Å². The Morgan fingerprint density at radius 2 is 1.65 bits per heavy atom. The van der Waals surface area contributed by atoms with Crippen molar-refractivity contribution in [3.05, 3.63) is 114 Å². The summed E-state index contributed by atoms with van der Waals surface area (Å²) in [6.07, 6.45) is 12.9. The van der Waals surface area contributed by atoms with Crippen LogP contribution in [0.5, 0.6) is 11.6 Å². The van der Waals surface area contributed by atoms with Crippen LogP contribution < -0.4 is 20.7 Å². The van der Waals surface area contributed by atoms with Crippen LogP contribution >= 0.6 is 0 Å². The number of aryl methyl sites for hydroxylation is 1. The first-order valence-electron chi connectivity index (χ1n) is 26.5. The number of carbonyl (C=O) groups excluding carboxylic acids is 2. The molecule has 4 aliphatic rings. The molecule has 0 spiro atoms. The Morgan fingerprint density at radius 1 is 0.880 bits per heavy atom. The fourth-order valence-electron chi connectivity index (χ4n) is 11.0. The number of nitrogens with zero attached hydrogens (tertiary/aromatic N) is 9. The van der Waals surface area contributed by atoms with Gasteiger partial charge in [-0.2, -0.15) is 5.10 Å². The SMILES string of the molecule is CC(C)[C@@H](C(=O)N1C[C@H](O)C[C@H]1C(=O)N[C@@H](C)c1ccc(-c2ccnn2C)cc1)c1cc(N2CCC(CN3CCC(O[C@H]4C[C@H](Oc5cc(/C=C/c6cc(-c7ccccc7O)nnc6N)ccn5)C4)CC3)CC2)no1. The Hall–Kier alpha value is -7.15. The summed E-state index contributed by atoms with van der Waals surface area (Å²) in [7, 11) is 1.90. The van der Waals surface area contributed by atoms with Crippen LogP contribution in [0.2, 0.25) is 0 Å². The summed E-state index contributed by atoms with van der Waals surface area (Å²) in [4.78, 5) is 39.0. The number of nitrogen functional groups attached to an aromatic ring is 1. The zero-order valence-corrected chi connectivity index (χ0v) is 43.2. The first-order valence-corrected chi connectivity index (χ1v) is 26.5. The van der Waals surface area contributed by atoms with Crippen LogP contribution in [-0.4, -0.2) is 132 Å². The summed E-state index contributed by atoms with van der Waals surface area (Å²) in [5.74, 6) is 1.44. The summed E-state index contributed by atoms with van der Waals surface area (Å²) < 4.78 is 20.6. The third kappa shape index (κ3) is 12.0. The Balaban J connectivity index is 0.642. The minimum Gasteiger partial charge on any atom is -0.507 e. The van der Waals surface area contributed by atoms with Gasteiger partial charge in [0.05, 0.1) is 35.7 Å². The smallest absolute Gasteiger partial charge is 0.243 e. The Morgan fingerprint density at radius 3 is 2.39 bits per heavy atom. The van der Waals surface area contributed by atoms with Gasteiger partial charge in [-0.3, -0.25) is 14.3 Å². The van der Waals surface area contributed by atoms with Crippen LogP contribution in [0.4, 0.5) is 11.6 Å². The minimum absolute atomic E-state index is 0.0542. The van der Waals surface area contributed by atoms with E-state index in [4.69, 9.17) is 19.7 Å². The number of aliphatic hydroxyl groups is 1. The van der Waals surface area contributed by atoms with Gasteiger partial charge < -0.3 is 50.0 Å². The molecule has 75 heavy (non-hydrogen) atoms. The van der Waals surface area contributed by atoms with Gasteiger partial charge in [-0.05, 0) is 91.5 Å². The number of pyridine rings is 1. The Kier molecular flexibility index (Phi) is 15.6. The van der Waals surface area contributed by atoms with E-state index in [-0.39, 0.29) is 60.8 Å². The molecule has 4 fully saturated rings. The number of aromatic hydroxyl groups is 1. The molecular formula is C57H69N11O7. The molecular weight excluding hydrogens is 951 g/mol. The molecule has 7 heterocycles. The lowest BCUT2D eigenvalue weighted by Crippen LogP contribution is -2.48. The Bertz CT molecular complexity index is 2940. The first-order chi connectivity index (χ1) is 36.3. The monoisotopic (exact) mass is 1020 g/mol. The van der Waals surface area contributed by atoms with Gasteiger partial charge >= 0.3 is 0 Å². The van der Waals surface area contributed by atoms with Crippen LogP contribution in [0.15, 0.2) is 95.8 Å². The number of nitrogens with two attached hydrogens (primary N) is 1. The molecule has 18 nitrogen and oxygen atoms in total. The second kappa shape index (κ2) is 22.8. The van der Waals surface area contributed by atoms with Gasteiger partial charge in [0.1, 0.15) is 23.8 Å². The van der Waals surface area contributed by atoms with Crippen molar-refractivity contribution in [2.24, 2.45) is 18.9 Å². The number of likely N-dealkylation sites (tertiary alicyclic amines) is 2. The molecule has 2 aromatic carbocycles. The number of nitrogens with one attached hydrogen (secondary N) is 1. The molecule has 0 unspecified atom stereocenters. The lowest BCUT2D eigenvalue weighted by molar-refractivity contribution is -0.141. The molecule has 18 heteroatoms. The number of hydrogen-bond donors (Lipinski definition) is 4. The highest BCUT2D eigenvalue weighted by Gasteiger charge is 2.44. The highest BCUT2D eigenvalue weighted by Crippen LogP contribution is 2.36. The third-order valence-corrected chi connectivity index (χ3v) is 15.5. The second-order valence-corrected chi connectivity index (χ2v) is 21.1. The van der Waals surface area contributed by atoms with Gasteiger partial charge in [0, 0.05) is 101 Å². The van der Waals surface area contributed by atoms with E-state index in [1.165, 1.54) is 4.90 Å². The average Bonchev–Trinajstić information content (AvgIpc) is 4.17. The predicted molar refractivity (Wildman–Crippen MR) is 285 cm³/mol. The van der Waals surface area contributed by atoms with E-state index in [1.54, 1.807) is 36.7 Å². The molecule has 3 saturated heterocycles. The highest BCUT2D eigenvalue weighted by atomic mass is 16.5. The number of phenols is 1. The molecule has 0 bridgehead atoms. The molecule has 3 aliphatic heterocycles. The quantitative estimate of drug-likeness (QED) is 0.0705. The number of aliphatic hydroxyl groups excluding tert-OH is 1. The van der Waals surface area contributed by atoms with Gasteiger partial charge in [-0.25, -0.2) is 4.98 Å². The number of amides is 2. The number of aromatic nitrogens is 6. The fraction of sp³-hybridized carbons (Fsp3) is 0.456. The number of carbonyl (C=O) groups is 2. The van der Waals surface area contributed by atoms with Crippen LogP contribution in [0, 0.1) is 11.8 Å². The molecule has 10 rings (SSSR count). The predicted octanol–water partition coefficient (Wildman–Crippen LogP) is 7.27. The fourth-order valence-corrected chi connectivity index (χ4v) is 11.0. The average molecular weight is 1020 g/mol. The number of benzene rings is 2. The van der Waals surface area contributed by atoms with Crippen molar-refractivity contribution in [1.29, 1.82) is 0 Å². The second-order valence-electron chi connectivity index (χ2n) is 21.1. The van der Waals surface area contributed by atoms with Gasteiger partial charge in [-0.1, -0.05) is 67.6 Å². The highest BCUT2D eigenvalue weighted by molar-refractivity contribution is 5.91. The maximum Gasteiger partial charge on any atom is 0.243 e. The lowest BCUT2D eigenvalue weighted by Gasteiger charge is -2.41. The van der Waals surface area contributed by atoms with Crippen LogP contribution in [0.25, 0.3) is 34.7 Å². The number of hydrogen-bond acceptors (Lipinski definition) is 15. The van der Waals surface area contributed by atoms with Gasteiger partial charge in [0.25, 0.3) is 0 Å². The van der Waals surface area contributed by atoms with Gasteiger partial charge in [0.15, 0.2) is 17.4 Å². The molecule has 1 saturated carbocycles. The van der Waals surface area contributed by atoms with Crippen molar-refractivity contribution in [3.8, 4) is 34.1 Å².